The first-order valence-electron chi connectivity index (χ1n) is 7.00. The quantitative estimate of drug-likeness (QED) is 0.740. The van der Waals surface area contributed by atoms with E-state index in [-0.39, 0.29) is 5.82 Å². The van der Waals surface area contributed by atoms with Crippen molar-refractivity contribution in [3.8, 4) is 0 Å². The molecule has 0 spiro atoms. The maximum absolute atomic E-state index is 14.2. The van der Waals surface area contributed by atoms with Crippen LogP contribution in [0.5, 0.6) is 0 Å². The van der Waals surface area contributed by atoms with Gasteiger partial charge in [-0.3, -0.25) is 4.90 Å². The van der Waals surface area contributed by atoms with Crippen LogP contribution in [0.2, 0.25) is 0 Å². The Morgan fingerprint density at radius 1 is 1.32 bits per heavy atom. The molecule has 0 bridgehead atoms. The Hall–Kier alpha value is -0.800. The lowest BCUT2D eigenvalue weighted by Crippen LogP contribution is -2.28. The van der Waals surface area contributed by atoms with Crippen molar-refractivity contribution >= 4 is 17.3 Å². The van der Waals surface area contributed by atoms with Crippen molar-refractivity contribution in [1.29, 1.82) is 0 Å². The summed E-state index contributed by atoms with van der Waals surface area (Å²) in [6.07, 6.45) is 5.02. The maximum atomic E-state index is 14.2. The van der Waals surface area contributed by atoms with Gasteiger partial charge in [-0.2, -0.15) is 0 Å². The van der Waals surface area contributed by atoms with Gasteiger partial charge in [0.15, 0.2) is 0 Å². The van der Waals surface area contributed by atoms with E-state index in [1.807, 2.05) is 38.3 Å². The number of hydrogen-bond donors (Lipinski definition) is 0. The Bertz CT molecular complexity index is 429. The second-order valence-electron chi connectivity index (χ2n) is 4.19. The molecule has 0 saturated carbocycles. The van der Waals surface area contributed by atoms with E-state index in [1.165, 1.54) is 11.8 Å². The molecule has 0 aromatic heterocycles. The van der Waals surface area contributed by atoms with Crippen LogP contribution in [0.1, 0.15) is 32.8 Å². The molecule has 1 heterocycles. The van der Waals surface area contributed by atoms with Crippen molar-refractivity contribution in [3.63, 3.8) is 0 Å². The van der Waals surface area contributed by atoms with Gasteiger partial charge >= 0.3 is 0 Å². The van der Waals surface area contributed by atoms with Crippen LogP contribution in [0.25, 0.3) is 5.57 Å². The van der Waals surface area contributed by atoms with E-state index in [9.17, 15) is 4.39 Å². The van der Waals surface area contributed by atoms with E-state index >= 15 is 0 Å². The average Bonchev–Trinajstić information content (AvgIpc) is 2.50. The first-order valence-corrected chi connectivity index (χ1v) is 8.23. The minimum atomic E-state index is -0.0591. The summed E-state index contributed by atoms with van der Waals surface area (Å²) in [4.78, 5) is 3.10. The Morgan fingerprint density at radius 3 is 2.58 bits per heavy atom. The summed E-state index contributed by atoms with van der Waals surface area (Å²) in [6, 6.07) is 5.67. The Balaban J connectivity index is 0.000000861. The van der Waals surface area contributed by atoms with Crippen molar-refractivity contribution in [2.75, 3.05) is 25.9 Å². The lowest BCUT2D eigenvalue weighted by atomic mass is 9.99. The Labute approximate surface area is 120 Å². The average molecular weight is 281 g/mol. The van der Waals surface area contributed by atoms with Crippen LogP contribution >= 0.6 is 11.8 Å². The van der Waals surface area contributed by atoms with Gasteiger partial charge < -0.3 is 0 Å². The van der Waals surface area contributed by atoms with Gasteiger partial charge in [0, 0.05) is 23.5 Å². The fourth-order valence-corrected chi connectivity index (χ4v) is 2.66. The van der Waals surface area contributed by atoms with Gasteiger partial charge in [0.2, 0.25) is 0 Å². The molecular formula is C16H24FNS. The highest BCUT2D eigenvalue weighted by molar-refractivity contribution is 7.98. The monoisotopic (exact) mass is 281 g/mol. The third-order valence-corrected chi connectivity index (χ3v) is 4.02. The van der Waals surface area contributed by atoms with Crippen LogP contribution in [-0.4, -0.2) is 30.8 Å². The van der Waals surface area contributed by atoms with Crippen molar-refractivity contribution in [1.82, 2.24) is 4.90 Å². The Morgan fingerprint density at radius 2 is 2.05 bits per heavy atom. The van der Waals surface area contributed by atoms with Gasteiger partial charge in [-0.25, -0.2) is 4.39 Å². The number of nitrogens with zero attached hydrogens (tertiary/aromatic N) is 1. The molecule has 19 heavy (non-hydrogen) atoms. The minimum Gasteiger partial charge on any atom is -0.300 e. The van der Waals surface area contributed by atoms with Crippen LogP contribution < -0.4 is 0 Å². The van der Waals surface area contributed by atoms with Crippen LogP contribution in [0.4, 0.5) is 4.39 Å². The van der Waals surface area contributed by atoms with E-state index in [1.54, 1.807) is 0 Å². The van der Waals surface area contributed by atoms with Gasteiger partial charge in [0.25, 0.3) is 0 Å². The number of halogens is 1. The third-order valence-electron chi connectivity index (χ3n) is 3.27. The molecule has 106 valence electrons. The van der Waals surface area contributed by atoms with Gasteiger partial charge in [0.05, 0.1) is 0 Å². The summed E-state index contributed by atoms with van der Waals surface area (Å²) in [5.41, 5.74) is 1.94. The fraction of sp³-hybridized carbons (Fsp3) is 0.500. The number of rotatable bonds is 3. The van der Waals surface area contributed by atoms with E-state index in [4.69, 9.17) is 0 Å². The van der Waals surface area contributed by atoms with Crippen LogP contribution in [-0.2, 0) is 0 Å². The SMILES string of the molecule is CC.CCN1CC=C(c2cccc(SC)c2F)CC1. The van der Waals surface area contributed by atoms with E-state index in [2.05, 4.69) is 17.9 Å². The molecule has 3 heteroatoms. The highest BCUT2D eigenvalue weighted by atomic mass is 32.2. The summed E-state index contributed by atoms with van der Waals surface area (Å²) >= 11 is 1.47. The molecule has 1 nitrogen and oxygen atoms in total. The minimum absolute atomic E-state index is 0.0591. The zero-order chi connectivity index (χ0) is 14.3. The summed E-state index contributed by atoms with van der Waals surface area (Å²) in [7, 11) is 0. The normalized spacial score (nSPS) is 15.5. The van der Waals surface area contributed by atoms with Crippen molar-refractivity contribution in [3.05, 3.63) is 35.7 Å². The van der Waals surface area contributed by atoms with Crippen molar-refractivity contribution in [2.45, 2.75) is 32.1 Å². The lowest BCUT2D eigenvalue weighted by Gasteiger charge is -2.25. The van der Waals surface area contributed by atoms with Gasteiger partial charge in [-0.05, 0) is 30.9 Å². The zero-order valence-corrected chi connectivity index (χ0v) is 13.2. The number of thioether (sulfide) groups is 1. The molecule has 0 saturated heterocycles. The van der Waals surface area contributed by atoms with Crippen LogP contribution in [0, 0.1) is 5.82 Å². The molecule has 1 aliphatic heterocycles. The third kappa shape index (κ3) is 4.08. The smallest absolute Gasteiger partial charge is 0.144 e. The predicted octanol–water partition coefficient (Wildman–Crippen LogP) is 4.68. The molecule has 0 radical (unpaired) electrons. The predicted molar refractivity (Wildman–Crippen MR) is 84.2 cm³/mol. The molecule has 1 aromatic carbocycles. The number of benzene rings is 1. The molecule has 0 amide bonds. The summed E-state index contributed by atoms with van der Waals surface area (Å²) in [5, 5.41) is 0. The molecule has 0 fully saturated rings. The largest absolute Gasteiger partial charge is 0.300 e. The molecule has 0 aliphatic carbocycles. The number of hydrogen-bond acceptors (Lipinski definition) is 2. The van der Waals surface area contributed by atoms with Gasteiger partial charge in [-0.1, -0.05) is 39.0 Å². The fourth-order valence-electron chi connectivity index (χ4n) is 2.16. The highest BCUT2D eigenvalue weighted by Crippen LogP contribution is 2.29. The topological polar surface area (TPSA) is 3.24 Å². The maximum Gasteiger partial charge on any atom is 0.144 e. The van der Waals surface area contributed by atoms with E-state index < -0.39 is 0 Å². The standard InChI is InChI=1S/C14H18FNS.C2H6/c1-3-16-9-7-11(8-10-16)12-5-4-6-13(17-2)14(12)15;1-2/h4-7H,3,8-10H2,1-2H3;1-2H3. The molecule has 1 aliphatic rings. The van der Waals surface area contributed by atoms with Crippen LogP contribution in [0.15, 0.2) is 29.2 Å². The second-order valence-corrected chi connectivity index (χ2v) is 5.04. The summed E-state index contributed by atoms with van der Waals surface area (Å²) in [5.74, 6) is -0.0591. The van der Waals surface area contributed by atoms with Crippen molar-refractivity contribution in [2.24, 2.45) is 0 Å². The zero-order valence-electron chi connectivity index (χ0n) is 12.4. The molecule has 0 unspecified atom stereocenters. The van der Waals surface area contributed by atoms with Gasteiger partial charge in [-0.15, -0.1) is 11.8 Å². The number of likely N-dealkylation sites (N-methyl/N-ethyl adjacent to an activating group) is 1. The summed E-state index contributed by atoms with van der Waals surface area (Å²) in [6.45, 7) is 9.20. The van der Waals surface area contributed by atoms with E-state index in [0.717, 1.165) is 42.1 Å². The summed E-state index contributed by atoms with van der Waals surface area (Å²) < 4.78 is 14.2. The molecular weight excluding hydrogens is 257 g/mol. The van der Waals surface area contributed by atoms with Crippen LogP contribution in [0.3, 0.4) is 0 Å². The first kappa shape index (κ1) is 16.3. The molecule has 2 rings (SSSR count). The Kier molecular flexibility index (Phi) is 7.17. The highest BCUT2D eigenvalue weighted by Gasteiger charge is 2.15. The lowest BCUT2D eigenvalue weighted by molar-refractivity contribution is 0.318. The van der Waals surface area contributed by atoms with E-state index in [0.29, 0.717) is 0 Å². The molecule has 0 N–H and O–H groups in total. The second kappa shape index (κ2) is 8.39. The van der Waals surface area contributed by atoms with Crippen molar-refractivity contribution < 1.29 is 4.39 Å². The molecule has 1 aromatic rings. The first-order chi connectivity index (χ1) is 9.26. The molecule has 0 atom stereocenters. The van der Waals surface area contributed by atoms with Gasteiger partial charge in [0.1, 0.15) is 5.82 Å².